The number of hydrogen-bond acceptors (Lipinski definition) is 5. The second kappa shape index (κ2) is 6.41. The van der Waals surface area contributed by atoms with Crippen molar-refractivity contribution >= 4 is 25.5 Å². The Kier molecular flexibility index (Phi) is 4.66. The summed E-state index contributed by atoms with van der Waals surface area (Å²) in [4.78, 5) is 2.19. The van der Waals surface area contributed by atoms with E-state index in [1.807, 2.05) is 12.1 Å². The zero-order chi connectivity index (χ0) is 16.5. The largest absolute Gasteiger partial charge is 0.370 e. The van der Waals surface area contributed by atoms with Gasteiger partial charge in [0, 0.05) is 25.3 Å². The molecular formula is C15H22N2O4S2. The minimum absolute atomic E-state index is 0.0297. The first-order valence-electron chi connectivity index (χ1n) is 7.89. The van der Waals surface area contributed by atoms with Gasteiger partial charge >= 0.3 is 0 Å². The number of hydrogen-bond donors (Lipinski definition) is 1. The first kappa shape index (κ1) is 16.7. The number of anilines is 1. The van der Waals surface area contributed by atoms with Gasteiger partial charge in [-0.05, 0) is 30.9 Å². The van der Waals surface area contributed by atoms with Crippen molar-refractivity contribution in [3.63, 3.8) is 0 Å². The Hall–Kier alpha value is -1.12. The molecule has 0 spiro atoms. The van der Waals surface area contributed by atoms with E-state index in [0.717, 1.165) is 19.4 Å². The molecule has 1 aromatic carbocycles. The van der Waals surface area contributed by atoms with E-state index in [1.54, 1.807) is 0 Å². The van der Waals surface area contributed by atoms with Crippen LogP contribution in [-0.4, -0.2) is 53.2 Å². The van der Waals surface area contributed by atoms with Crippen LogP contribution >= 0.6 is 0 Å². The van der Waals surface area contributed by atoms with Crippen LogP contribution < -0.4 is 9.62 Å². The van der Waals surface area contributed by atoms with E-state index >= 15 is 0 Å². The molecule has 3 rings (SSSR count). The van der Waals surface area contributed by atoms with Crippen LogP contribution in [0.15, 0.2) is 24.3 Å². The van der Waals surface area contributed by atoms with E-state index < -0.39 is 25.1 Å². The number of nitrogens with one attached hydrogen (secondary N) is 1. The number of fused-ring (bicyclic) bond motifs is 1. The van der Waals surface area contributed by atoms with Crippen LogP contribution in [0.4, 0.5) is 5.69 Å². The molecule has 0 saturated carbocycles. The average molecular weight is 358 g/mol. The molecule has 2 aliphatic rings. The molecule has 128 valence electrons. The summed E-state index contributed by atoms with van der Waals surface area (Å²) in [6.07, 6.45) is 2.31. The first-order chi connectivity index (χ1) is 10.9. The van der Waals surface area contributed by atoms with Gasteiger partial charge in [-0.2, -0.15) is 0 Å². The minimum atomic E-state index is -3.57. The summed E-state index contributed by atoms with van der Waals surface area (Å²) in [6, 6.07) is 8.18. The molecule has 23 heavy (non-hydrogen) atoms. The Labute approximate surface area is 137 Å². The number of nitrogens with zero attached hydrogens (tertiary/aromatic N) is 1. The summed E-state index contributed by atoms with van der Waals surface area (Å²) in [5.74, 6) is -0.285. The van der Waals surface area contributed by atoms with E-state index in [0.29, 0.717) is 13.1 Å². The summed E-state index contributed by atoms with van der Waals surface area (Å²) >= 11 is 0. The summed E-state index contributed by atoms with van der Waals surface area (Å²) in [7, 11) is -6.76. The van der Waals surface area contributed by atoms with E-state index in [9.17, 15) is 16.8 Å². The van der Waals surface area contributed by atoms with Gasteiger partial charge in [0.1, 0.15) is 0 Å². The highest BCUT2D eigenvalue weighted by atomic mass is 32.2. The lowest BCUT2D eigenvalue weighted by Gasteiger charge is -2.31. The van der Waals surface area contributed by atoms with Crippen LogP contribution in [0, 0.1) is 0 Å². The molecule has 2 aliphatic heterocycles. The topological polar surface area (TPSA) is 83.5 Å². The van der Waals surface area contributed by atoms with Gasteiger partial charge in [0.25, 0.3) is 0 Å². The highest BCUT2D eigenvalue weighted by molar-refractivity contribution is 7.95. The number of benzene rings is 1. The van der Waals surface area contributed by atoms with Crippen LogP contribution in [0.3, 0.4) is 0 Å². The van der Waals surface area contributed by atoms with Crippen molar-refractivity contribution in [3.05, 3.63) is 29.8 Å². The van der Waals surface area contributed by atoms with Crippen LogP contribution in [0.5, 0.6) is 0 Å². The first-order valence-corrected chi connectivity index (χ1v) is 11.3. The monoisotopic (exact) mass is 358 g/mol. The molecule has 0 unspecified atom stereocenters. The van der Waals surface area contributed by atoms with E-state index in [1.165, 1.54) is 11.3 Å². The van der Waals surface area contributed by atoms with Crippen molar-refractivity contribution in [3.8, 4) is 0 Å². The Morgan fingerprint density at radius 3 is 2.78 bits per heavy atom. The van der Waals surface area contributed by atoms with Gasteiger partial charge in [0.05, 0.1) is 16.8 Å². The van der Waals surface area contributed by atoms with E-state index in [-0.39, 0.29) is 17.9 Å². The van der Waals surface area contributed by atoms with E-state index in [4.69, 9.17) is 0 Å². The second-order valence-corrected chi connectivity index (χ2v) is 10.5. The third-order valence-electron chi connectivity index (χ3n) is 4.52. The van der Waals surface area contributed by atoms with Crippen molar-refractivity contribution in [2.75, 3.05) is 36.0 Å². The highest BCUT2D eigenvalue weighted by Crippen LogP contribution is 2.26. The Morgan fingerprint density at radius 1 is 1.26 bits per heavy atom. The fourth-order valence-corrected chi connectivity index (χ4v) is 7.36. The fourth-order valence-electron chi connectivity index (χ4n) is 3.29. The second-order valence-electron chi connectivity index (χ2n) is 6.18. The van der Waals surface area contributed by atoms with Gasteiger partial charge < -0.3 is 4.90 Å². The lowest BCUT2D eigenvalue weighted by Crippen LogP contribution is -2.41. The Balaban J connectivity index is 1.58. The molecule has 1 fully saturated rings. The Morgan fingerprint density at radius 2 is 2.04 bits per heavy atom. The predicted molar refractivity (Wildman–Crippen MR) is 91.0 cm³/mol. The summed E-state index contributed by atoms with van der Waals surface area (Å²) in [5, 5.41) is -0.804. The summed E-state index contributed by atoms with van der Waals surface area (Å²) < 4.78 is 49.9. The predicted octanol–water partition coefficient (Wildman–Crippen LogP) is 0.546. The highest BCUT2D eigenvalue weighted by Gasteiger charge is 2.36. The molecule has 0 bridgehead atoms. The third-order valence-corrected chi connectivity index (χ3v) is 8.39. The maximum absolute atomic E-state index is 12.2. The molecule has 1 atom stereocenters. The van der Waals surface area contributed by atoms with Crippen LogP contribution in [-0.2, 0) is 26.3 Å². The van der Waals surface area contributed by atoms with Crippen molar-refractivity contribution in [1.82, 2.24) is 4.72 Å². The maximum Gasteiger partial charge on any atom is 0.215 e. The number of para-hydroxylation sites is 1. The Bertz CT molecular complexity index is 774. The van der Waals surface area contributed by atoms with Gasteiger partial charge in [-0.3, -0.25) is 0 Å². The van der Waals surface area contributed by atoms with Crippen LogP contribution in [0.2, 0.25) is 0 Å². The lowest BCUT2D eigenvalue weighted by molar-refractivity contribution is 0.566. The zero-order valence-electron chi connectivity index (χ0n) is 12.9. The standard InChI is InChI=1S/C15H22N2O4S2/c18-22(19)11-7-14(12-22)23(20,21)16-8-10-17-9-3-5-13-4-1-2-6-15(13)17/h1-2,4,6,14,16H,3,5,7-12H2/t14-/m1/s1. The molecule has 1 N–H and O–H groups in total. The molecule has 8 heteroatoms. The van der Waals surface area contributed by atoms with Crippen molar-refractivity contribution in [2.24, 2.45) is 0 Å². The molecule has 1 saturated heterocycles. The van der Waals surface area contributed by atoms with Gasteiger partial charge in [-0.15, -0.1) is 0 Å². The van der Waals surface area contributed by atoms with Crippen LogP contribution in [0.1, 0.15) is 18.4 Å². The van der Waals surface area contributed by atoms with Gasteiger partial charge in [0.15, 0.2) is 9.84 Å². The molecule has 0 amide bonds. The molecule has 6 nitrogen and oxygen atoms in total. The normalized spacial score (nSPS) is 23.7. The number of sulfonamides is 1. The molecular weight excluding hydrogens is 336 g/mol. The summed E-state index contributed by atoms with van der Waals surface area (Å²) in [5.41, 5.74) is 2.46. The molecule has 1 aromatic rings. The third kappa shape index (κ3) is 3.87. The fraction of sp³-hybridized carbons (Fsp3) is 0.600. The zero-order valence-corrected chi connectivity index (χ0v) is 14.6. The quantitative estimate of drug-likeness (QED) is 0.831. The van der Waals surface area contributed by atoms with Crippen molar-refractivity contribution < 1.29 is 16.8 Å². The van der Waals surface area contributed by atoms with Crippen molar-refractivity contribution in [1.29, 1.82) is 0 Å². The number of rotatable bonds is 5. The van der Waals surface area contributed by atoms with E-state index in [2.05, 4.69) is 21.8 Å². The van der Waals surface area contributed by atoms with Gasteiger partial charge in [-0.1, -0.05) is 18.2 Å². The smallest absolute Gasteiger partial charge is 0.215 e. The lowest BCUT2D eigenvalue weighted by atomic mass is 10.0. The number of sulfone groups is 1. The number of aryl methyl sites for hydroxylation is 1. The van der Waals surface area contributed by atoms with Crippen molar-refractivity contribution in [2.45, 2.75) is 24.5 Å². The maximum atomic E-state index is 12.2. The molecule has 0 aromatic heterocycles. The molecule has 0 radical (unpaired) electrons. The average Bonchev–Trinajstić information content (AvgIpc) is 2.88. The van der Waals surface area contributed by atoms with Crippen LogP contribution in [0.25, 0.3) is 0 Å². The molecule has 2 heterocycles. The van der Waals surface area contributed by atoms with Gasteiger partial charge in [0.2, 0.25) is 10.0 Å². The van der Waals surface area contributed by atoms with Gasteiger partial charge in [-0.25, -0.2) is 21.6 Å². The summed E-state index contributed by atoms with van der Waals surface area (Å²) in [6.45, 7) is 1.81. The minimum Gasteiger partial charge on any atom is -0.370 e. The SMILES string of the molecule is O=S1(=O)CC[C@@H](S(=O)(=O)NCCN2CCCc3ccccc32)C1. The molecule has 0 aliphatic carbocycles.